The lowest BCUT2D eigenvalue weighted by Crippen LogP contribution is -2.24. The smallest absolute Gasteiger partial charge is 0.142 e. The lowest BCUT2D eigenvalue weighted by molar-refractivity contribution is 0.283. The fourth-order valence-corrected chi connectivity index (χ4v) is 2.46. The second-order valence-electron chi connectivity index (χ2n) is 4.31. The fourth-order valence-electron chi connectivity index (χ4n) is 2.09. The summed E-state index contributed by atoms with van der Waals surface area (Å²) >= 11 is 3.37. The van der Waals surface area contributed by atoms with Gasteiger partial charge in [-0.3, -0.25) is 0 Å². The molecular weight excluding hydrogens is 316 g/mol. The Morgan fingerprint density at radius 3 is 2.79 bits per heavy atom. The lowest BCUT2D eigenvalue weighted by Gasteiger charge is -2.28. The minimum absolute atomic E-state index is 0.303. The summed E-state index contributed by atoms with van der Waals surface area (Å²) in [4.78, 5) is 0. The number of ether oxygens (including phenoxy) is 1. The number of benzene rings is 2. The van der Waals surface area contributed by atoms with Crippen molar-refractivity contribution in [2.75, 3.05) is 11.9 Å². The van der Waals surface area contributed by atoms with Crippen molar-refractivity contribution in [1.29, 1.82) is 0 Å². The van der Waals surface area contributed by atoms with Crippen LogP contribution in [0.2, 0.25) is 0 Å². The first kappa shape index (κ1) is 12.4. The van der Waals surface area contributed by atoms with Crippen molar-refractivity contribution in [2.45, 2.75) is 6.04 Å². The molecule has 1 N–H and O–H groups in total. The number of nitrogens with one attached hydrogen (secondary N) is 1. The minimum atomic E-state index is -0.582. The maximum Gasteiger partial charge on any atom is 0.142 e. The SMILES string of the molecule is Fc1ccc(C2COc3ccc(Br)cc3N2)c(F)c1. The van der Waals surface area contributed by atoms with Gasteiger partial charge in [0, 0.05) is 16.1 Å². The van der Waals surface area contributed by atoms with Gasteiger partial charge in [-0.1, -0.05) is 22.0 Å². The molecule has 2 aromatic carbocycles. The lowest BCUT2D eigenvalue weighted by atomic mass is 10.0. The molecule has 0 saturated heterocycles. The van der Waals surface area contributed by atoms with Crippen molar-refractivity contribution >= 4 is 21.6 Å². The van der Waals surface area contributed by atoms with Gasteiger partial charge in [0.25, 0.3) is 0 Å². The molecule has 98 valence electrons. The molecule has 1 atom stereocenters. The summed E-state index contributed by atoms with van der Waals surface area (Å²) in [5.41, 5.74) is 1.18. The van der Waals surface area contributed by atoms with Gasteiger partial charge in [0.2, 0.25) is 0 Å². The summed E-state index contributed by atoms with van der Waals surface area (Å²) in [7, 11) is 0. The van der Waals surface area contributed by atoms with Gasteiger partial charge in [0.05, 0.1) is 11.7 Å². The molecule has 0 amide bonds. The average Bonchev–Trinajstić information content (AvgIpc) is 2.38. The van der Waals surface area contributed by atoms with Crippen LogP contribution in [0.4, 0.5) is 14.5 Å². The van der Waals surface area contributed by atoms with E-state index < -0.39 is 11.6 Å². The molecular formula is C14H10BrF2NO. The van der Waals surface area contributed by atoms with Crippen LogP contribution in [0.15, 0.2) is 40.9 Å². The van der Waals surface area contributed by atoms with E-state index in [1.165, 1.54) is 12.1 Å². The summed E-state index contributed by atoms with van der Waals surface area (Å²) in [5.74, 6) is -0.428. The predicted molar refractivity (Wildman–Crippen MR) is 72.4 cm³/mol. The van der Waals surface area contributed by atoms with Gasteiger partial charge in [-0.2, -0.15) is 0 Å². The van der Waals surface area contributed by atoms with E-state index >= 15 is 0 Å². The number of fused-ring (bicyclic) bond motifs is 1. The van der Waals surface area contributed by atoms with Gasteiger partial charge in [0.15, 0.2) is 0 Å². The molecule has 0 radical (unpaired) electrons. The molecule has 19 heavy (non-hydrogen) atoms. The van der Waals surface area contributed by atoms with Crippen LogP contribution in [0.25, 0.3) is 0 Å². The van der Waals surface area contributed by atoms with E-state index in [0.29, 0.717) is 12.2 Å². The van der Waals surface area contributed by atoms with Crippen LogP contribution >= 0.6 is 15.9 Å². The molecule has 5 heteroatoms. The first-order valence-electron chi connectivity index (χ1n) is 5.77. The summed E-state index contributed by atoms with van der Waals surface area (Å²) in [5, 5.41) is 3.20. The van der Waals surface area contributed by atoms with Gasteiger partial charge < -0.3 is 10.1 Å². The molecule has 1 aliphatic rings. The van der Waals surface area contributed by atoms with Crippen LogP contribution in [0, 0.1) is 11.6 Å². The van der Waals surface area contributed by atoms with Crippen LogP contribution in [0.5, 0.6) is 5.75 Å². The van der Waals surface area contributed by atoms with Crippen molar-refractivity contribution in [2.24, 2.45) is 0 Å². The molecule has 3 rings (SSSR count). The van der Waals surface area contributed by atoms with E-state index in [4.69, 9.17) is 4.74 Å². The zero-order valence-electron chi connectivity index (χ0n) is 9.79. The minimum Gasteiger partial charge on any atom is -0.489 e. The van der Waals surface area contributed by atoms with Crippen molar-refractivity contribution in [3.05, 3.63) is 58.1 Å². The normalized spacial score (nSPS) is 17.3. The molecule has 0 saturated carbocycles. The Bertz CT molecular complexity index is 633. The van der Waals surface area contributed by atoms with E-state index in [0.717, 1.165) is 22.0 Å². The average molecular weight is 326 g/mol. The Kier molecular flexibility index (Phi) is 3.14. The number of anilines is 1. The van der Waals surface area contributed by atoms with Gasteiger partial charge >= 0.3 is 0 Å². The third kappa shape index (κ3) is 2.42. The molecule has 1 heterocycles. The maximum absolute atomic E-state index is 13.7. The Balaban J connectivity index is 1.93. The Labute approximate surface area is 117 Å². The van der Waals surface area contributed by atoms with Gasteiger partial charge in [-0.15, -0.1) is 0 Å². The standard InChI is InChI=1S/C14H10BrF2NO/c15-8-1-4-14-12(5-8)18-13(7-19-14)10-3-2-9(16)6-11(10)17/h1-6,13,18H,7H2. The Morgan fingerprint density at radius 1 is 1.16 bits per heavy atom. The molecule has 0 bridgehead atoms. The van der Waals surface area contributed by atoms with Crippen LogP contribution in [0.3, 0.4) is 0 Å². The van der Waals surface area contributed by atoms with Gasteiger partial charge in [-0.25, -0.2) is 8.78 Å². The highest BCUT2D eigenvalue weighted by Gasteiger charge is 2.23. The first-order chi connectivity index (χ1) is 9.13. The second kappa shape index (κ2) is 4.81. The largest absolute Gasteiger partial charge is 0.489 e. The Hall–Kier alpha value is -1.62. The molecule has 2 aromatic rings. The van der Waals surface area contributed by atoms with Crippen molar-refractivity contribution < 1.29 is 13.5 Å². The third-order valence-electron chi connectivity index (χ3n) is 3.01. The predicted octanol–water partition coefficient (Wildman–Crippen LogP) is 4.27. The number of hydrogen-bond acceptors (Lipinski definition) is 2. The fraction of sp³-hybridized carbons (Fsp3) is 0.143. The van der Waals surface area contributed by atoms with Crippen LogP contribution in [-0.2, 0) is 0 Å². The highest BCUT2D eigenvalue weighted by Crippen LogP contribution is 2.36. The highest BCUT2D eigenvalue weighted by atomic mass is 79.9. The third-order valence-corrected chi connectivity index (χ3v) is 3.51. The van der Waals surface area contributed by atoms with E-state index in [-0.39, 0.29) is 6.04 Å². The number of rotatable bonds is 1. The molecule has 1 unspecified atom stereocenters. The summed E-state index contributed by atoms with van der Waals surface area (Å²) in [6.45, 7) is 0.303. The molecule has 0 fully saturated rings. The summed E-state index contributed by atoms with van der Waals surface area (Å²) in [6.07, 6.45) is 0. The van der Waals surface area contributed by atoms with Crippen LogP contribution in [-0.4, -0.2) is 6.61 Å². The zero-order chi connectivity index (χ0) is 13.4. The zero-order valence-corrected chi connectivity index (χ0v) is 11.4. The van der Waals surface area contributed by atoms with Crippen molar-refractivity contribution in [3.8, 4) is 5.75 Å². The van der Waals surface area contributed by atoms with E-state index in [1.807, 2.05) is 18.2 Å². The summed E-state index contributed by atoms with van der Waals surface area (Å²) in [6, 6.07) is 8.81. The monoisotopic (exact) mass is 325 g/mol. The van der Waals surface area contributed by atoms with Crippen LogP contribution in [0.1, 0.15) is 11.6 Å². The quantitative estimate of drug-likeness (QED) is 0.845. The van der Waals surface area contributed by atoms with Crippen molar-refractivity contribution in [3.63, 3.8) is 0 Å². The Morgan fingerprint density at radius 2 is 2.00 bits per heavy atom. The highest BCUT2D eigenvalue weighted by molar-refractivity contribution is 9.10. The van der Waals surface area contributed by atoms with E-state index in [1.54, 1.807) is 0 Å². The molecule has 1 aliphatic heterocycles. The van der Waals surface area contributed by atoms with Gasteiger partial charge in [-0.05, 0) is 24.3 Å². The van der Waals surface area contributed by atoms with E-state index in [2.05, 4.69) is 21.2 Å². The molecule has 2 nitrogen and oxygen atoms in total. The van der Waals surface area contributed by atoms with Gasteiger partial charge in [0.1, 0.15) is 24.0 Å². The topological polar surface area (TPSA) is 21.3 Å². The molecule has 0 spiro atoms. The first-order valence-corrected chi connectivity index (χ1v) is 6.56. The molecule has 0 aromatic heterocycles. The number of halogens is 3. The maximum atomic E-state index is 13.7. The molecule has 0 aliphatic carbocycles. The second-order valence-corrected chi connectivity index (χ2v) is 5.23. The van der Waals surface area contributed by atoms with Crippen LogP contribution < -0.4 is 10.1 Å². The van der Waals surface area contributed by atoms with E-state index in [9.17, 15) is 8.78 Å². The van der Waals surface area contributed by atoms with Crippen molar-refractivity contribution in [1.82, 2.24) is 0 Å². The number of hydrogen-bond donors (Lipinski definition) is 1. The summed E-state index contributed by atoms with van der Waals surface area (Å²) < 4.78 is 33.1.